The van der Waals surface area contributed by atoms with Gasteiger partial charge in [0.2, 0.25) is 5.91 Å². The van der Waals surface area contributed by atoms with Crippen LogP contribution in [0.25, 0.3) is 0 Å². The second-order valence-corrected chi connectivity index (χ2v) is 4.40. The van der Waals surface area contributed by atoms with Crippen molar-refractivity contribution in [3.8, 4) is 0 Å². The van der Waals surface area contributed by atoms with Crippen LogP contribution in [0.2, 0.25) is 0 Å². The first kappa shape index (κ1) is 15.9. The van der Waals surface area contributed by atoms with E-state index in [0.717, 1.165) is 12.8 Å². The molecule has 4 nitrogen and oxygen atoms in total. The Kier molecular flexibility index (Phi) is 8.36. The molecule has 0 aromatic heterocycles. The van der Waals surface area contributed by atoms with E-state index in [1.54, 1.807) is 0 Å². The summed E-state index contributed by atoms with van der Waals surface area (Å²) < 4.78 is 0. The van der Waals surface area contributed by atoms with E-state index in [4.69, 9.17) is 10.8 Å². The van der Waals surface area contributed by atoms with Crippen LogP contribution in [0.15, 0.2) is 23.3 Å². The predicted octanol–water partition coefficient (Wildman–Crippen LogP) is 1.11. The van der Waals surface area contributed by atoms with Crippen molar-refractivity contribution in [3.05, 3.63) is 23.3 Å². The molecule has 1 amide bonds. The van der Waals surface area contributed by atoms with Gasteiger partial charge in [0, 0.05) is 6.54 Å². The molecule has 0 aromatic carbocycles. The summed E-state index contributed by atoms with van der Waals surface area (Å²) in [5.74, 6) is -0.319. The molecule has 1 unspecified atom stereocenters. The number of aliphatic hydroxyl groups is 1. The van der Waals surface area contributed by atoms with Gasteiger partial charge in [-0.05, 0) is 33.6 Å². The standard InChI is InChI=1S/C13H24N2O2/c1-10(2)5-4-6-11(3)7-8-15-13(17)12(14)9-16/h5,7,12,16H,4,6,8-9,14H2,1-3H3,(H,15,17)/b11-7+. The molecule has 0 saturated carbocycles. The Labute approximate surface area is 104 Å². The molecule has 0 bridgehead atoms. The molecule has 4 N–H and O–H groups in total. The van der Waals surface area contributed by atoms with E-state index in [0.29, 0.717) is 6.54 Å². The third kappa shape index (κ3) is 8.65. The summed E-state index contributed by atoms with van der Waals surface area (Å²) in [6.07, 6.45) is 6.18. The molecule has 0 aliphatic rings. The smallest absolute Gasteiger partial charge is 0.239 e. The van der Waals surface area contributed by atoms with Crippen molar-refractivity contribution in [2.45, 2.75) is 39.7 Å². The number of carbonyl (C=O) groups excluding carboxylic acids is 1. The van der Waals surface area contributed by atoms with E-state index in [2.05, 4.69) is 25.2 Å². The molecule has 0 heterocycles. The van der Waals surface area contributed by atoms with Crippen molar-refractivity contribution in [1.29, 1.82) is 0 Å². The maximum Gasteiger partial charge on any atom is 0.239 e. The van der Waals surface area contributed by atoms with Gasteiger partial charge in [-0.25, -0.2) is 0 Å². The zero-order valence-electron chi connectivity index (χ0n) is 11.0. The SMILES string of the molecule is CC(C)=CCC/C(C)=C/CNC(=O)C(N)CO. The minimum atomic E-state index is -0.825. The van der Waals surface area contributed by atoms with E-state index in [9.17, 15) is 4.79 Å². The third-order valence-corrected chi connectivity index (χ3v) is 2.35. The van der Waals surface area contributed by atoms with Crippen LogP contribution in [0, 0.1) is 0 Å². The average molecular weight is 240 g/mol. The summed E-state index contributed by atoms with van der Waals surface area (Å²) in [4.78, 5) is 11.2. The summed E-state index contributed by atoms with van der Waals surface area (Å²) in [5.41, 5.74) is 7.91. The number of amides is 1. The minimum Gasteiger partial charge on any atom is -0.394 e. The second-order valence-electron chi connectivity index (χ2n) is 4.40. The van der Waals surface area contributed by atoms with Crippen molar-refractivity contribution in [3.63, 3.8) is 0 Å². The third-order valence-electron chi connectivity index (χ3n) is 2.35. The summed E-state index contributed by atoms with van der Waals surface area (Å²) in [7, 11) is 0. The number of nitrogens with two attached hydrogens (primary N) is 1. The van der Waals surface area contributed by atoms with Gasteiger partial charge in [0.25, 0.3) is 0 Å². The highest BCUT2D eigenvalue weighted by Crippen LogP contribution is 2.05. The van der Waals surface area contributed by atoms with Crippen LogP contribution in [-0.4, -0.2) is 30.2 Å². The predicted molar refractivity (Wildman–Crippen MR) is 70.5 cm³/mol. The first-order valence-corrected chi connectivity index (χ1v) is 5.90. The lowest BCUT2D eigenvalue weighted by Gasteiger charge is -2.07. The van der Waals surface area contributed by atoms with Gasteiger partial charge in [-0.2, -0.15) is 0 Å². The molecule has 0 aliphatic heterocycles. The van der Waals surface area contributed by atoms with Crippen LogP contribution in [0.3, 0.4) is 0 Å². The Bertz CT molecular complexity index is 292. The molecule has 0 aliphatic carbocycles. The molecular weight excluding hydrogens is 216 g/mol. The van der Waals surface area contributed by atoms with Crippen molar-refractivity contribution < 1.29 is 9.90 Å². The maximum atomic E-state index is 11.2. The highest BCUT2D eigenvalue weighted by molar-refractivity contribution is 5.81. The zero-order valence-corrected chi connectivity index (χ0v) is 11.0. The molecule has 0 saturated heterocycles. The summed E-state index contributed by atoms with van der Waals surface area (Å²) in [6.45, 7) is 6.34. The molecule has 0 fully saturated rings. The average Bonchev–Trinajstić information content (AvgIpc) is 2.27. The number of aliphatic hydroxyl groups excluding tert-OH is 1. The van der Waals surface area contributed by atoms with Crippen LogP contribution in [0.5, 0.6) is 0 Å². The van der Waals surface area contributed by atoms with Crippen LogP contribution in [0.4, 0.5) is 0 Å². The van der Waals surface area contributed by atoms with Gasteiger partial charge < -0.3 is 16.2 Å². The molecule has 1 atom stereocenters. The normalized spacial score (nSPS) is 13.1. The largest absolute Gasteiger partial charge is 0.394 e. The van der Waals surface area contributed by atoms with Gasteiger partial charge in [-0.3, -0.25) is 4.79 Å². The van der Waals surface area contributed by atoms with E-state index in [1.165, 1.54) is 11.1 Å². The molecule has 0 spiro atoms. The minimum absolute atomic E-state index is 0.319. The van der Waals surface area contributed by atoms with E-state index >= 15 is 0 Å². The van der Waals surface area contributed by atoms with Gasteiger partial charge in [-0.1, -0.05) is 23.3 Å². The number of carbonyl (C=O) groups is 1. The number of allylic oxidation sites excluding steroid dienone is 3. The Morgan fingerprint density at radius 3 is 2.53 bits per heavy atom. The van der Waals surface area contributed by atoms with Crippen molar-refractivity contribution in [1.82, 2.24) is 5.32 Å². The first-order chi connectivity index (χ1) is 7.97. The van der Waals surface area contributed by atoms with Crippen molar-refractivity contribution in [2.24, 2.45) is 5.73 Å². The van der Waals surface area contributed by atoms with Gasteiger partial charge >= 0.3 is 0 Å². The summed E-state index contributed by atoms with van der Waals surface area (Å²) in [6, 6.07) is -0.825. The van der Waals surface area contributed by atoms with Gasteiger partial charge in [-0.15, -0.1) is 0 Å². The number of rotatable bonds is 7. The molecule has 98 valence electrons. The van der Waals surface area contributed by atoms with Crippen LogP contribution >= 0.6 is 0 Å². The lowest BCUT2D eigenvalue weighted by Crippen LogP contribution is -2.43. The van der Waals surface area contributed by atoms with Gasteiger partial charge in [0.1, 0.15) is 6.04 Å². The number of hydrogen-bond donors (Lipinski definition) is 3. The first-order valence-electron chi connectivity index (χ1n) is 5.90. The van der Waals surface area contributed by atoms with Gasteiger partial charge in [0.05, 0.1) is 6.61 Å². The Morgan fingerprint density at radius 2 is 2.00 bits per heavy atom. The molecule has 0 radical (unpaired) electrons. The Balaban J connectivity index is 3.84. The van der Waals surface area contributed by atoms with E-state index < -0.39 is 6.04 Å². The van der Waals surface area contributed by atoms with Gasteiger partial charge in [0.15, 0.2) is 0 Å². The fraction of sp³-hybridized carbons (Fsp3) is 0.615. The fourth-order valence-electron chi connectivity index (χ4n) is 1.23. The summed E-state index contributed by atoms with van der Waals surface area (Å²) >= 11 is 0. The highest BCUT2D eigenvalue weighted by atomic mass is 16.3. The number of nitrogens with one attached hydrogen (secondary N) is 1. The second kappa shape index (κ2) is 8.96. The molecular formula is C13H24N2O2. The highest BCUT2D eigenvalue weighted by Gasteiger charge is 2.09. The van der Waals surface area contributed by atoms with Crippen LogP contribution < -0.4 is 11.1 Å². The Morgan fingerprint density at radius 1 is 1.35 bits per heavy atom. The molecule has 0 aromatic rings. The van der Waals surface area contributed by atoms with Crippen LogP contribution in [-0.2, 0) is 4.79 Å². The quantitative estimate of drug-likeness (QED) is 0.584. The van der Waals surface area contributed by atoms with Crippen molar-refractivity contribution in [2.75, 3.05) is 13.2 Å². The Hall–Kier alpha value is -1.13. The fourth-order valence-corrected chi connectivity index (χ4v) is 1.23. The maximum absolute atomic E-state index is 11.2. The topological polar surface area (TPSA) is 75.4 Å². The van der Waals surface area contributed by atoms with Crippen molar-refractivity contribution >= 4 is 5.91 Å². The molecule has 4 heteroatoms. The zero-order chi connectivity index (χ0) is 13.3. The lowest BCUT2D eigenvalue weighted by atomic mass is 10.1. The van der Waals surface area contributed by atoms with E-state index in [1.807, 2.05) is 13.0 Å². The summed E-state index contributed by atoms with van der Waals surface area (Å²) in [5, 5.41) is 11.3. The molecule has 0 rings (SSSR count). The van der Waals surface area contributed by atoms with Crippen LogP contribution in [0.1, 0.15) is 33.6 Å². The van der Waals surface area contributed by atoms with E-state index in [-0.39, 0.29) is 12.5 Å². The monoisotopic (exact) mass is 240 g/mol. The number of hydrogen-bond acceptors (Lipinski definition) is 3. The lowest BCUT2D eigenvalue weighted by molar-refractivity contribution is -0.122. The molecule has 17 heavy (non-hydrogen) atoms.